The molecule has 1 heteroatoms. The minimum Gasteiger partial charge on any atom is -0.316 e. The van der Waals surface area contributed by atoms with E-state index in [1.165, 1.54) is 0 Å². The molecule has 0 spiro atoms. The molecule has 0 unspecified atom stereocenters. The topological polar surface area (TPSA) is 12.0 Å². The summed E-state index contributed by atoms with van der Waals surface area (Å²) in [6.07, 6.45) is 5.94. The molecule has 1 nitrogen and oxygen atoms in total. The van der Waals surface area contributed by atoms with Crippen molar-refractivity contribution in [3.05, 3.63) is 25.3 Å². The zero-order valence-electron chi connectivity index (χ0n) is 5.90. The van der Waals surface area contributed by atoms with Crippen LogP contribution in [0.1, 0.15) is 12.8 Å². The van der Waals surface area contributed by atoms with Gasteiger partial charge in [-0.05, 0) is 25.9 Å². The van der Waals surface area contributed by atoms with Gasteiger partial charge in [-0.1, -0.05) is 12.2 Å². The van der Waals surface area contributed by atoms with Crippen LogP contribution in [0, 0.1) is 0 Å². The van der Waals surface area contributed by atoms with Gasteiger partial charge in [0.25, 0.3) is 0 Å². The van der Waals surface area contributed by atoms with Gasteiger partial charge in [0, 0.05) is 0 Å². The van der Waals surface area contributed by atoms with E-state index in [4.69, 9.17) is 0 Å². The molecule has 0 saturated heterocycles. The van der Waals surface area contributed by atoms with Crippen LogP contribution in [-0.2, 0) is 0 Å². The van der Waals surface area contributed by atoms with Gasteiger partial charge in [-0.25, -0.2) is 0 Å². The van der Waals surface area contributed by atoms with Crippen LogP contribution in [0.3, 0.4) is 0 Å². The molecule has 0 rings (SSSR count). The Morgan fingerprint density at radius 2 is 1.44 bits per heavy atom. The van der Waals surface area contributed by atoms with Gasteiger partial charge in [0.05, 0.1) is 0 Å². The van der Waals surface area contributed by atoms with Crippen LogP contribution in [0.4, 0.5) is 0 Å². The molecule has 0 aromatic carbocycles. The molecule has 1 N–H and O–H groups in total. The second-order valence-electron chi connectivity index (χ2n) is 1.90. The Balaban J connectivity index is 2.74. The molecule has 0 aromatic rings. The van der Waals surface area contributed by atoms with Crippen LogP contribution in [-0.4, -0.2) is 13.1 Å². The maximum Gasteiger partial charge on any atom is -0.00142 e. The van der Waals surface area contributed by atoms with E-state index in [0.717, 1.165) is 25.9 Å². The molecule has 0 atom stereocenters. The molecule has 0 fully saturated rings. The number of rotatable bonds is 6. The first-order valence-corrected chi connectivity index (χ1v) is 3.34. The Morgan fingerprint density at radius 3 is 1.78 bits per heavy atom. The summed E-state index contributed by atoms with van der Waals surface area (Å²) in [6, 6.07) is 0. The normalized spacial score (nSPS) is 8.89. The average molecular weight is 125 g/mol. The van der Waals surface area contributed by atoms with Crippen LogP contribution in [0.5, 0.6) is 0 Å². The van der Waals surface area contributed by atoms with E-state index < -0.39 is 0 Å². The molecule has 0 radical (unpaired) electrons. The Bertz CT molecular complexity index is 66.6. The van der Waals surface area contributed by atoms with E-state index in [1.807, 2.05) is 12.2 Å². The van der Waals surface area contributed by atoms with Gasteiger partial charge >= 0.3 is 0 Å². The molecule has 0 bridgehead atoms. The minimum atomic E-state index is 1.04. The smallest absolute Gasteiger partial charge is 0.00142 e. The highest BCUT2D eigenvalue weighted by Crippen LogP contribution is 1.77. The second kappa shape index (κ2) is 7.44. The Kier molecular flexibility index (Phi) is 6.98. The molecular weight excluding hydrogens is 110 g/mol. The average Bonchev–Trinajstić information content (AvgIpc) is 1.89. The fraction of sp³-hybridized carbons (Fsp3) is 0.500. The van der Waals surface area contributed by atoms with Gasteiger partial charge in [0.15, 0.2) is 0 Å². The van der Waals surface area contributed by atoms with Crippen molar-refractivity contribution in [2.45, 2.75) is 12.8 Å². The van der Waals surface area contributed by atoms with Crippen LogP contribution < -0.4 is 5.32 Å². The van der Waals surface area contributed by atoms with E-state index >= 15 is 0 Å². The zero-order chi connectivity index (χ0) is 6.95. The highest BCUT2D eigenvalue weighted by molar-refractivity contribution is 4.70. The van der Waals surface area contributed by atoms with E-state index in [9.17, 15) is 0 Å². The molecule has 0 saturated carbocycles. The summed E-state index contributed by atoms with van der Waals surface area (Å²) in [6.45, 7) is 9.31. The summed E-state index contributed by atoms with van der Waals surface area (Å²) in [5.74, 6) is 0. The SMILES string of the molecule is C=CCCNCCC=C. The fourth-order valence-electron chi connectivity index (χ4n) is 0.533. The molecule has 0 aromatic heterocycles. The Hall–Kier alpha value is -0.560. The predicted octanol–water partition coefficient (Wildman–Crippen LogP) is 1.73. The third kappa shape index (κ3) is 7.44. The maximum atomic E-state index is 3.62. The number of hydrogen-bond acceptors (Lipinski definition) is 1. The third-order valence-electron chi connectivity index (χ3n) is 1.05. The first kappa shape index (κ1) is 8.44. The van der Waals surface area contributed by atoms with Crippen molar-refractivity contribution in [2.75, 3.05) is 13.1 Å². The molecule has 9 heavy (non-hydrogen) atoms. The number of nitrogens with one attached hydrogen (secondary N) is 1. The summed E-state index contributed by atoms with van der Waals surface area (Å²) in [5.41, 5.74) is 0. The second-order valence-corrected chi connectivity index (χ2v) is 1.90. The van der Waals surface area contributed by atoms with Crippen LogP contribution >= 0.6 is 0 Å². The van der Waals surface area contributed by atoms with Crippen molar-refractivity contribution >= 4 is 0 Å². The highest BCUT2D eigenvalue weighted by Gasteiger charge is 1.79. The standard InChI is InChI=1S/C8H15N/c1-3-5-7-9-8-6-4-2/h3-4,9H,1-2,5-8H2. The van der Waals surface area contributed by atoms with E-state index in [1.54, 1.807) is 0 Å². The fourth-order valence-corrected chi connectivity index (χ4v) is 0.533. The summed E-state index contributed by atoms with van der Waals surface area (Å²) in [4.78, 5) is 0. The first-order chi connectivity index (χ1) is 4.41. The van der Waals surface area contributed by atoms with Crippen molar-refractivity contribution < 1.29 is 0 Å². The Labute approximate surface area is 57.5 Å². The summed E-state index contributed by atoms with van der Waals surface area (Å²) >= 11 is 0. The molecule has 0 amide bonds. The summed E-state index contributed by atoms with van der Waals surface area (Å²) in [7, 11) is 0. The van der Waals surface area contributed by atoms with Crippen molar-refractivity contribution in [1.82, 2.24) is 5.32 Å². The van der Waals surface area contributed by atoms with E-state index in [2.05, 4.69) is 18.5 Å². The van der Waals surface area contributed by atoms with Gasteiger partial charge in [0.2, 0.25) is 0 Å². The molecular formula is C8H15N. The predicted molar refractivity (Wildman–Crippen MR) is 42.5 cm³/mol. The van der Waals surface area contributed by atoms with Crippen molar-refractivity contribution in [3.8, 4) is 0 Å². The Morgan fingerprint density at radius 1 is 1.00 bits per heavy atom. The van der Waals surface area contributed by atoms with Gasteiger partial charge in [0.1, 0.15) is 0 Å². The molecule has 52 valence electrons. The van der Waals surface area contributed by atoms with Crippen LogP contribution in [0.15, 0.2) is 25.3 Å². The van der Waals surface area contributed by atoms with Gasteiger partial charge in [-0.2, -0.15) is 0 Å². The minimum absolute atomic E-state index is 1.04. The monoisotopic (exact) mass is 125 g/mol. The summed E-state index contributed by atoms with van der Waals surface area (Å²) in [5, 5.41) is 3.24. The molecule has 0 aliphatic rings. The molecule has 0 aliphatic carbocycles. The molecule has 0 aliphatic heterocycles. The van der Waals surface area contributed by atoms with Crippen molar-refractivity contribution in [2.24, 2.45) is 0 Å². The maximum absolute atomic E-state index is 3.62. The lowest BCUT2D eigenvalue weighted by molar-refractivity contribution is 0.698. The van der Waals surface area contributed by atoms with Gasteiger partial charge in [-0.15, -0.1) is 13.2 Å². The van der Waals surface area contributed by atoms with Crippen molar-refractivity contribution in [1.29, 1.82) is 0 Å². The zero-order valence-corrected chi connectivity index (χ0v) is 5.90. The quantitative estimate of drug-likeness (QED) is 0.421. The van der Waals surface area contributed by atoms with Crippen LogP contribution in [0.2, 0.25) is 0 Å². The highest BCUT2D eigenvalue weighted by atomic mass is 14.8. The number of hydrogen-bond donors (Lipinski definition) is 1. The summed E-state index contributed by atoms with van der Waals surface area (Å²) < 4.78 is 0. The first-order valence-electron chi connectivity index (χ1n) is 3.34. The third-order valence-corrected chi connectivity index (χ3v) is 1.05. The van der Waals surface area contributed by atoms with Crippen molar-refractivity contribution in [3.63, 3.8) is 0 Å². The largest absolute Gasteiger partial charge is 0.316 e. The van der Waals surface area contributed by atoms with Crippen LogP contribution in [0.25, 0.3) is 0 Å². The lowest BCUT2D eigenvalue weighted by atomic mass is 10.4. The molecule has 0 heterocycles. The van der Waals surface area contributed by atoms with E-state index in [0.29, 0.717) is 0 Å². The lowest BCUT2D eigenvalue weighted by Crippen LogP contribution is -2.15. The van der Waals surface area contributed by atoms with Gasteiger partial charge < -0.3 is 5.32 Å². The van der Waals surface area contributed by atoms with E-state index in [-0.39, 0.29) is 0 Å². The lowest BCUT2D eigenvalue weighted by Gasteiger charge is -1.97. The van der Waals surface area contributed by atoms with Gasteiger partial charge in [-0.3, -0.25) is 0 Å².